The van der Waals surface area contributed by atoms with E-state index in [0.717, 1.165) is 6.07 Å². The molecule has 25 heavy (non-hydrogen) atoms. The third-order valence-electron chi connectivity index (χ3n) is 2.92. The Bertz CT molecular complexity index is 919. The van der Waals surface area contributed by atoms with E-state index in [1.165, 1.54) is 18.2 Å². The lowest BCUT2D eigenvalue weighted by Crippen LogP contribution is -2.33. The Hall–Kier alpha value is -1.81. The molecule has 0 saturated carbocycles. The standard InChI is InChI=1S/C14H9Cl2F3N2O3S/c15-7-2-1-3-8(16)14(7)25(23,24)20-6-11(22)21-10-5-4-9(17)12(18)13(10)19/h1-5,20H,6H2,(H,21,22). The van der Waals surface area contributed by atoms with E-state index in [-0.39, 0.29) is 10.0 Å². The molecular weight excluding hydrogens is 404 g/mol. The van der Waals surface area contributed by atoms with Crippen LogP contribution in [-0.2, 0) is 14.8 Å². The summed E-state index contributed by atoms with van der Waals surface area (Å²) in [5.74, 6) is -5.81. The lowest BCUT2D eigenvalue weighted by atomic mass is 10.3. The fraction of sp³-hybridized carbons (Fsp3) is 0.0714. The number of anilines is 1. The Morgan fingerprint density at radius 3 is 2.20 bits per heavy atom. The monoisotopic (exact) mass is 412 g/mol. The lowest BCUT2D eigenvalue weighted by molar-refractivity contribution is -0.115. The molecule has 1 amide bonds. The van der Waals surface area contributed by atoms with Crippen LogP contribution in [-0.4, -0.2) is 20.9 Å². The first kappa shape index (κ1) is 19.5. The summed E-state index contributed by atoms with van der Waals surface area (Å²) in [6.45, 7) is -0.817. The van der Waals surface area contributed by atoms with Gasteiger partial charge in [-0.1, -0.05) is 29.3 Å². The number of sulfonamides is 1. The van der Waals surface area contributed by atoms with Crippen LogP contribution >= 0.6 is 23.2 Å². The lowest BCUT2D eigenvalue weighted by Gasteiger charge is -2.11. The molecule has 5 nitrogen and oxygen atoms in total. The number of halogens is 5. The highest BCUT2D eigenvalue weighted by molar-refractivity contribution is 7.89. The van der Waals surface area contributed by atoms with Crippen molar-refractivity contribution in [1.82, 2.24) is 4.72 Å². The first-order valence-corrected chi connectivity index (χ1v) is 8.74. The summed E-state index contributed by atoms with van der Waals surface area (Å²) in [4.78, 5) is 11.3. The van der Waals surface area contributed by atoms with Crippen LogP contribution in [0.3, 0.4) is 0 Å². The molecule has 0 aliphatic heterocycles. The van der Waals surface area contributed by atoms with E-state index in [0.29, 0.717) is 6.07 Å². The number of rotatable bonds is 5. The van der Waals surface area contributed by atoms with Gasteiger partial charge in [0.15, 0.2) is 17.5 Å². The number of carbonyl (C=O) groups excluding carboxylic acids is 1. The summed E-state index contributed by atoms with van der Waals surface area (Å²) in [5.41, 5.74) is -0.640. The van der Waals surface area contributed by atoms with Crippen molar-refractivity contribution in [3.05, 3.63) is 57.8 Å². The molecule has 2 N–H and O–H groups in total. The first-order valence-electron chi connectivity index (χ1n) is 6.50. The molecule has 0 saturated heterocycles. The fourth-order valence-corrected chi connectivity index (χ4v) is 3.91. The van der Waals surface area contributed by atoms with Crippen molar-refractivity contribution in [1.29, 1.82) is 0 Å². The zero-order valence-corrected chi connectivity index (χ0v) is 14.4. The summed E-state index contributed by atoms with van der Waals surface area (Å²) in [6, 6.07) is 5.42. The van der Waals surface area contributed by atoms with Crippen LogP contribution in [0.25, 0.3) is 0 Å². The van der Waals surface area contributed by atoms with Crippen molar-refractivity contribution >= 4 is 44.8 Å². The van der Waals surface area contributed by atoms with Crippen LogP contribution < -0.4 is 10.0 Å². The summed E-state index contributed by atoms with van der Waals surface area (Å²) in [5, 5.41) is 1.60. The van der Waals surface area contributed by atoms with Gasteiger partial charge in [0.25, 0.3) is 0 Å². The minimum atomic E-state index is -4.24. The van der Waals surface area contributed by atoms with Crippen LogP contribution in [0.4, 0.5) is 18.9 Å². The van der Waals surface area contributed by atoms with Crippen molar-refractivity contribution in [3.8, 4) is 0 Å². The largest absolute Gasteiger partial charge is 0.322 e. The van der Waals surface area contributed by atoms with Crippen molar-refractivity contribution < 1.29 is 26.4 Å². The van der Waals surface area contributed by atoms with Crippen molar-refractivity contribution in [2.24, 2.45) is 0 Å². The Morgan fingerprint density at radius 1 is 1.00 bits per heavy atom. The SMILES string of the molecule is O=C(CNS(=O)(=O)c1c(Cl)cccc1Cl)Nc1ccc(F)c(F)c1F. The molecule has 2 aromatic rings. The molecule has 0 aromatic heterocycles. The number of nitrogens with one attached hydrogen (secondary N) is 2. The van der Waals surface area contributed by atoms with Crippen LogP contribution in [0.1, 0.15) is 0 Å². The van der Waals surface area contributed by atoms with Gasteiger partial charge in [0.05, 0.1) is 22.3 Å². The van der Waals surface area contributed by atoms with Crippen molar-refractivity contribution in [2.45, 2.75) is 4.90 Å². The van der Waals surface area contributed by atoms with E-state index in [1.807, 2.05) is 10.0 Å². The first-order chi connectivity index (χ1) is 11.6. The summed E-state index contributed by atoms with van der Waals surface area (Å²) < 4.78 is 65.6. The predicted octanol–water partition coefficient (Wildman–Crippen LogP) is 3.33. The Kier molecular flexibility index (Phi) is 5.94. The molecule has 0 atom stereocenters. The second-order valence-electron chi connectivity index (χ2n) is 4.65. The Balaban J connectivity index is 2.11. The number of carbonyl (C=O) groups is 1. The summed E-state index contributed by atoms with van der Waals surface area (Å²) in [6.07, 6.45) is 0. The van der Waals surface area contributed by atoms with Crippen LogP contribution in [0.15, 0.2) is 35.2 Å². The normalized spacial score (nSPS) is 11.4. The van der Waals surface area contributed by atoms with Crippen molar-refractivity contribution in [3.63, 3.8) is 0 Å². The van der Waals surface area contributed by atoms with E-state index in [4.69, 9.17) is 23.2 Å². The van der Waals surface area contributed by atoms with Gasteiger partial charge in [-0.15, -0.1) is 0 Å². The van der Waals surface area contributed by atoms with Gasteiger partial charge in [-0.25, -0.2) is 26.3 Å². The van der Waals surface area contributed by atoms with Gasteiger partial charge in [-0.2, -0.15) is 0 Å². The van der Waals surface area contributed by atoms with Crippen molar-refractivity contribution in [2.75, 3.05) is 11.9 Å². The number of hydrogen-bond acceptors (Lipinski definition) is 3. The molecule has 0 spiro atoms. The maximum absolute atomic E-state index is 13.5. The highest BCUT2D eigenvalue weighted by Crippen LogP contribution is 2.28. The van der Waals surface area contributed by atoms with Crippen LogP contribution in [0, 0.1) is 17.5 Å². The number of hydrogen-bond donors (Lipinski definition) is 2. The second kappa shape index (κ2) is 7.61. The molecule has 2 aromatic carbocycles. The van der Waals surface area contributed by atoms with Gasteiger partial charge in [0.1, 0.15) is 4.90 Å². The van der Waals surface area contributed by atoms with Gasteiger partial charge in [-0.05, 0) is 24.3 Å². The highest BCUT2D eigenvalue weighted by Gasteiger charge is 2.23. The van der Waals surface area contributed by atoms with E-state index in [1.54, 1.807) is 0 Å². The molecular formula is C14H9Cl2F3N2O3S. The third-order valence-corrected chi connectivity index (χ3v) is 5.28. The highest BCUT2D eigenvalue weighted by atomic mass is 35.5. The minimum Gasteiger partial charge on any atom is -0.322 e. The van der Waals surface area contributed by atoms with Gasteiger partial charge < -0.3 is 5.32 Å². The summed E-state index contributed by atoms with van der Waals surface area (Å²) in [7, 11) is -4.24. The molecule has 0 unspecified atom stereocenters. The number of benzene rings is 2. The van der Waals surface area contributed by atoms with Crippen LogP contribution in [0.5, 0.6) is 0 Å². The van der Waals surface area contributed by atoms with E-state index < -0.39 is 50.5 Å². The molecule has 0 bridgehead atoms. The maximum atomic E-state index is 13.5. The second-order valence-corrected chi connectivity index (χ2v) is 7.16. The number of amides is 1. The smallest absolute Gasteiger partial charge is 0.244 e. The average molecular weight is 413 g/mol. The average Bonchev–Trinajstić information content (AvgIpc) is 2.53. The summed E-state index contributed by atoms with van der Waals surface area (Å²) >= 11 is 11.6. The maximum Gasteiger partial charge on any atom is 0.244 e. The molecule has 0 aliphatic carbocycles. The molecule has 0 heterocycles. The third kappa shape index (κ3) is 4.43. The van der Waals surface area contributed by atoms with Gasteiger partial charge in [0, 0.05) is 0 Å². The predicted molar refractivity (Wildman–Crippen MR) is 86.6 cm³/mol. The minimum absolute atomic E-state index is 0.160. The Labute approximate surface area is 150 Å². The van der Waals surface area contributed by atoms with E-state index >= 15 is 0 Å². The van der Waals surface area contributed by atoms with Gasteiger partial charge in [-0.3, -0.25) is 4.79 Å². The van der Waals surface area contributed by atoms with E-state index in [9.17, 15) is 26.4 Å². The zero-order valence-electron chi connectivity index (χ0n) is 12.1. The quantitative estimate of drug-likeness (QED) is 0.739. The van der Waals surface area contributed by atoms with Crippen LogP contribution in [0.2, 0.25) is 10.0 Å². The van der Waals surface area contributed by atoms with Gasteiger partial charge in [0.2, 0.25) is 15.9 Å². The fourth-order valence-electron chi connectivity index (χ4n) is 1.79. The molecule has 0 radical (unpaired) electrons. The molecule has 2 rings (SSSR count). The van der Waals surface area contributed by atoms with Gasteiger partial charge >= 0.3 is 0 Å². The topological polar surface area (TPSA) is 75.3 Å². The molecule has 0 aliphatic rings. The molecule has 134 valence electrons. The molecule has 0 fully saturated rings. The molecule has 11 heteroatoms. The zero-order chi connectivity index (χ0) is 18.8. The Morgan fingerprint density at radius 2 is 1.60 bits per heavy atom. The van der Waals surface area contributed by atoms with E-state index in [2.05, 4.69) is 0 Å².